The molecule has 1 aromatic carbocycles. The molecule has 0 aliphatic carbocycles. The van der Waals surface area contributed by atoms with Gasteiger partial charge in [0.15, 0.2) is 0 Å². The molecule has 1 atom stereocenters. The average Bonchev–Trinajstić information content (AvgIpc) is 2.28. The highest BCUT2D eigenvalue weighted by Crippen LogP contribution is 2.18. The Kier molecular flexibility index (Phi) is 5.30. The summed E-state index contributed by atoms with van der Waals surface area (Å²) in [6.45, 7) is 3.63. The van der Waals surface area contributed by atoms with Crippen LogP contribution in [0.1, 0.15) is 30.6 Å². The molecule has 0 fully saturated rings. The van der Waals surface area contributed by atoms with Crippen molar-refractivity contribution in [2.24, 2.45) is 0 Å². The van der Waals surface area contributed by atoms with Crippen LogP contribution in [0.2, 0.25) is 5.02 Å². The SMILES string of the molecule is CCN(C(=O)c1ccc(Cl)cc1F)C(C)CC(=O)O. The van der Waals surface area contributed by atoms with Crippen molar-refractivity contribution in [2.45, 2.75) is 26.3 Å². The van der Waals surface area contributed by atoms with Crippen LogP contribution in [0.5, 0.6) is 0 Å². The first-order valence-corrected chi connectivity index (χ1v) is 6.22. The van der Waals surface area contributed by atoms with Crippen LogP contribution in [0.25, 0.3) is 0 Å². The molecule has 4 nitrogen and oxygen atoms in total. The van der Waals surface area contributed by atoms with Crippen molar-refractivity contribution in [2.75, 3.05) is 6.54 Å². The molecule has 0 saturated heterocycles. The van der Waals surface area contributed by atoms with Crippen LogP contribution in [-0.4, -0.2) is 34.5 Å². The van der Waals surface area contributed by atoms with E-state index in [1.54, 1.807) is 13.8 Å². The van der Waals surface area contributed by atoms with Crippen molar-refractivity contribution in [1.29, 1.82) is 0 Å². The molecule has 1 amide bonds. The van der Waals surface area contributed by atoms with Gasteiger partial charge in [-0.1, -0.05) is 11.6 Å². The first-order valence-electron chi connectivity index (χ1n) is 5.84. The van der Waals surface area contributed by atoms with Gasteiger partial charge >= 0.3 is 5.97 Å². The third-order valence-corrected chi connectivity index (χ3v) is 3.00. The van der Waals surface area contributed by atoms with Gasteiger partial charge in [0, 0.05) is 17.6 Å². The molecule has 0 heterocycles. The number of hydrogen-bond acceptors (Lipinski definition) is 2. The highest BCUT2D eigenvalue weighted by atomic mass is 35.5. The topological polar surface area (TPSA) is 57.6 Å². The Bertz CT molecular complexity index is 493. The first kappa shape index (κ1) is 15.4. The maximum atomic E-state index is 13.7. The van der Waals surface area contributed by atoms with Crippen LogP contribution in [0.15, 0.2) is 18.2 Å². The summed E-state index contributed by atoms with van der Waals surface area (Å²) >= 11 is 5.62. The number of carboxylic acids is 1. The quantitative estimate of drug-likeness (QED) is 0.906. The van der Waals surface area contributed by atoms with E-state index < -0.39 is 23.7 Å². The molecule has 0 radical (unpaired) electrons. The summed E-state index contributed by atoms with van der Waals surface area (Å²) in [5.41, 5.74) is -0.108. The Morgan fingerprint density at radius 3 is 2.58 bits per heavy atom. The predicted molar refractivity (Wildman–Crippen MR) is 69.8 cm³/mol. The third kappa shape index (κ3) is 3.92. The van der Waals surface area contributed by atoms with E-state index in [9.17, 15) is 14.0 Å². The maximum absolute atomic E-state index is 13.7. The number of carbonyl (C=O) groups is 2. The molecular weight excluding hydrogens is 273 g/mol. The number of halogens is 2. The van der Waals surface area contributed by atoms with Gasteiger partial charge in [0.05, 0.1) is 12.0 Å². The van der Waals surface area contributed by atoms with Gasteiger partial charge in [0.1, 0.15) is 5.82 Å². The summed E-state index contributed by atoms with van der Waals surface area (Å²) in [6.07, 6.45) is -0.186. The second kappa shape index (κ2) is 6.52. The summed E-state index contributed by atoms with van der Waals surface area (Å²) in [7, 11) is 0. The highest BCUT2D eigenvalue weighted by Gasteiger charge is 2.24. The first-order chi connectivity index (χ1) is 8.86. The molecule has 1 aromatic rings. The molecule has 0 aromatic heterocycles. The number of aliphatic carboxylic acids is 1. The molecule has 0 saturated carbocycles. The molecule has 104 valence electrons. The minimum Gasteiger partial charge on any atom is -0.481 e. The predicted octanol–water partition coefficient (Wildman–Crippen LogP) is 2.80. The van der Waals surface area contributed by atoms with Crippen molar-refractivity contribution in [3.63, 3.8) is 0 Å². The molecule has 0 spiro atoms. The highest BCUT2D eigenvalue weighted by molar-refractivity contribution is 6.30. The standard InChI is InChI=1S/C13H15ClFNO3/c1-3-16(8(2)6-12(17)18)13(19)10-5-4-9(14)7-11(10)15/h4-5,7-8H,3,6H2,1-2H3,(H,17,18). The minimum absolute atomic E-state index is 0.108. The van der Waals surface area contributed by atoms with Crippen molar-refractivity contribution >= 4 is 23.5 Å². The Morgan fingerprint density at radius 1 is 1.47 bits per heavy atom. The second-order valence-electron chi connectivity index (χ2n) is 4.16. The van der Waals surface area contributed by atoms with Crippen molar-refractivity contribution in [1.82, 2.24) is 4.90 Å². The monoisotopic (exact) mass is 287 g/mol. The molecule has 6 heteroatoms. The lowest BCUT2D eigenvalue weighted by atomic mass is 10.1. The zero-order valence-corrected chi connectivity index (χ0v) is 11.4. The second-order valence-corrected chi connectivity index (χ2v) is 4.60. The molecular formula is C13H15ClFNO3. The van der Waals surface area contributed by atoms with Crippen molar-refractivity contribution in [3.8, 4) is 0 Å². The van der Waals surface area contributed by atoms with Crippen LogP contribution in [0.3, 0.4) is 0 Å². The van der Waals surface area contributed by atoms with E-state index in [0.717, 1.165) is 6.07 Å². The van der Waals surface area contributed by atoms with Gasteiger partial charge in [-0.25, -0.2) is 4.39 Å². The zero-order valence-electron chi connectivity index (χ0n) is 10.7. The van der Waals surface area contributed by atoms with Gasteiger partial charge in [0.2, 0.25) is 0 Å². The van der Waals surface area contributed by atoms with E-state index in [4.69, 9.17) is 16.7 Å². The van der Waals surface area contributed by atoms with E-state index in [1.807, 2.05) is 0 Å². The van der Waals surface area contributed by atoms with Crippen LogP contribution in [-0.2, 0) is 4.79 Å². The largest absolute Gasteiger partial charge is 0.481 e. The fraction of sp³-hybridized carbons (Fsp3) is 0.385. The zero-order chi connectivity index (χ0) is 14.6. The van der Waals surface area contributed by atoms with Crippen LogP contribution < -0.4 is 0 Å². The number of rotatable bonds is 5. The summed E-state index contributed by atoms with van der Waals surface area (Å²) in [5.74, 6) is -2.25. The Labute approximate surface area is 115 Å². The lowest BCUT2D eigenvalue weighted by molar-refractivity contribution is -0.138. The van der Waals surface area contributed by atoms with Crippen LogP contribution in [0, 0.1) is 5.82 Å². The van der Waals surface area contributed by atoms with Gasteiger partial charge in [-0.2, -0.15) is 0 Å². The number of amides is 1. The van der Waals surface area contributed by atoms with Crippen LogP contribution >= 0.6 is 11.6 Å². The van der Waals surface area contributed by atoms with Gasteiger partial charge in [0.25, 0.3) is 5.91 Å². The number of nitrogens with zero attached hydrogens (tertiary/aromatic N) is 1. The molecule has 1 unspecified atom stereocenters. The number of hydrogen-bond donors (Lipinski definition) is 1. The lowest BCUT2D eigenvalue weighted by Gasteiger charge is -2.27. The summed E-state index contributed by atoms with van der Waals surface area (Å²) in [4.78, 5) is 24.2. The average molecular weight is 288 g/mol. The Balaban J connectivity index is 2.98. The summed E-state index contributed by atoms with van der Waals surface area (Å²) < 4.78 is 13.7. The lowest BCUT2D eigenvalue weighted by Crippen LogP contribution is -2.40. The minimum atomic E-state index is -1.00. The van der Waals surface area contributed by atoms with E-state index in [2.05, 4.69) is 0 Å². The summed E-state index contributed by atoms with van der Waals surface area (Å²) in [6, 6.07) is 3.28. The Morgan fingerprint density at radius 2 is 2.11 bits per heavy atom. The molecule has 0 aliphatic heterocycles. The van der Waals surface area contributed by atoms with Gasteiger partial charge in [-0.05, 0) is 32.0 Å². The molecule has 1 N–H and O–H groups in total. The van der Waals surface area contributed by atoms with Crippen LogP contribution in [0.4, 0.5) is 4.39 Å². The number of carboxylic acid groups (broad SMARTS) is 1. The molecule has 0 aliphatic rings. The maximum Gasteiger partial charge on any atom is 0.305 e. The van der Waals surface area contributed by atoms with Gasteiger partial charge < -0.3 is 10.0 Å². The van der Waals surface area contributed by atoms with E-state index in [-0.39, 0.29) is 17.0 Å². The molecule has 0 bridgehead atoms. The fourth-order valence-corrected chi connectivity index (χ4v) is 1.99. The fourth-order valence-electron chi connectivity index (χ4n) is 1.84. The number of carbonyl (C=O) groups excluding carboxylic acids is 1. The van der Waals surface area contributed by atoms with Crippen molar-refractivity contribution < 1.29 is 19.1 Å². The molecule has 19 heavy (non-hydrogen) atoms. The third-order valence-electron chi connectivity index (χ3n) is 2.77. The van der Waals surface area contributed by atoms with Gasteiger partial charge in [-0.3, -0.25) is 9.59 Å². The van der Waals surface area contributed by atoms with Crippen molar-refractivity contribution in [3.05, 3.63) is 34.6 Å². The summed E-state index contributed by atoms with van der Waals surface area (Å²) in [5, 5.41) is 8.95. The molecule has 1 rings (SSSR count). The van der Waals surface area contributed by atoms with E-state index in [0.29, 0.717) is 6.54 Å². The number of benzene rings is 1. The Hall–Kier alpha value is -1.62. The van der Waals surface area contributed by atoms with E-state index >= 15 is 0 Å². The normalized spacial score (nSPS) is 12.0. The smallest absolute Gasteiger partial charge is 0.305 e. The van der Waals surface area contributed by atoms with E-state index in [1.165, 1.54) is 17.0 Å². The van der Waals surface area contributed by atoms with Gasteiger partial charge in [-0.15, -0.1) is 0 Å².